The Kier molecular flexibility index (Phi) is 5.98. The van der Waals surface area contributed by atoms with Gasteiger partial charge >= 0.3 is 6.09 Å². The Morgan fingerprint density at radius 2 is 1.84 bits per heavy atom. The summed E-state index contributed by atoms with van der Waals surface area (Å²) >= 11 is 0. The third-order valence-corrected chi connectivity index (χ3v) is 4.62. The number of carbonyl (C=O) groups is 1. The molecule has 0 aliphatic rings. The van der Waals surface area contributed by atoms with Crippen molar-refractivity contribution in [3.63, 3.8) is 0 Å². The molecule has 0 saturated carbocycles. The maximum absolute atomic E-state index is 13.3. The zero-order chi connectivity index (χ0) is 21.6. The van der Waals surface area contributed by atoms with Crippen LogP contribution in [0.25, 0.3) is 22.6 Å². The molecular formula is C23H20FN5O2. The van der Waals surface area contributed by atoms with E-state index in [-0.39, 0.29) is 18.4 Å². The lowest BCUT2D eigenvalue weighted by molar-refractivity contribution is 0.155. The van der Waals surface area contributed by atoms with Gasteiger partial charge in [0.05, 0.1) is 23.4 Å². The third-order valence-electron chi connectivity index (χ3n) is 4.62. The first-order valence-electron chi connectivity index (χ1n) is 9.76. The highest BCUT2D eigenvalue weighted by molar-refractivity contribution is 5.83. The Hall–Kier alpha value is -4.07. The second-order valence-electron chi connectivity index (χ2n) is 6.69. The van der Waals surface area contributed by atoms with Crippen molar-refractivity contribution in [1.29, 1.82) is 0 Å². The van der Waals surface area contributed by atoms with Crippen LogP contribution >= 0.6 is 0 Å². The molecule has 2 heterocycles. The van der Waals surface area contributed by atoms with Crippen LogP contribution < -0.4 is 5.32 Å². The van der Waals surface area contributed by atoms with E-state index in [0.717, 1.165) is 16.8 Å². The number of benzene rings is 2. The zero-order valence-corrected chi connectivity index (χ0v) is 16.8. The van der Waals surface area contributed by atoms with Crippen LogP contribution in [0.4, 0.5) is 15.1 Å². The highest BCUT2D eigenvalue weighted by atomic mass is 19.1. The van der Waals surface area contributed by atoms with E-state index in [0.29, 0.717) is 17.9 Å². The number of nitrogens with zero attached hydrogens (tertiary/aromatic N) is 4. The van der Waals surface area contributed by atoms with E-state index in [1.165, 1.54) is 12.1 Å². The molecule has 8 heteroatoms. The molecule has 7 nitrogen and oxygen atoms in total. The molecule has 1 amide bonds. The number of aromatic nitrogens is 4. The second kappa shape index (κ2) is 9.17. The lowest BCUT2D eigenvalue weighted by Gasteiger charge is -2.10. The van der Waals surface area contributed by atoms with Crippen molar-refractivity contribution < 1.29 is 13.9 Å². The monoisotopic (exact) mass is 417 g/mol. The van der Waals surface area contributed by atoms with Gasteiger partial charge in [-0.1, -0.05) is 30.3 Å². The summed E-state index contributed by atoms with van der Waals surface area (Å²) in [6.45, 7) is 2.79. The lowest BCUT2D eigenvalue weighted by atomic mass is 10.1. The third kappa shape index (κ3) is 4.75. The van der Waals surface area contributed by atoms with Crippen LogP contribution in [0.2, 0.25) is 0 Å². The van der Waals surface area contributed by atoms with Crippen LogP contribution in [0.5, 0.6) is 0 Å². The Labute approximate surface area is 178 Å². The number of aryl methyl sites for hydroxylation is 1. The maximum atomic E-state index is 13.3. The van der Waals surface area contributed by atoms with Crippen molar-refractivity contribution in [1.82, 2.24) is 19.5 Å². The molecule has 0 aliphatic heterocycles. The molecule has 31 heavy (non-hydrogen) atoms. The molecule has 2 aromatic heterocycles. The van der Waals surface area contributed by atoms with E-state index in [1.807, 2.05) is 41.8 Å². The molecule has 4 aromatic rings. The van der Waals surface area contributed by atoms with Crippen molar-refractivity contribution in [2.45, 2.75) is 20.1 Å². The van der Waals surface area contributed by atoms with Crippen molar-refractivity contribution in [3.8, 4) is 22.6 Å². The smallest absolute Gasteiger partial charge is 0.414 e. The standard InChI is InChI=1S/C23H20FN5O2/c1-2-29-15-26-20(17-8-10-18(24)11-9-17)21(29)19-12-13-25-22(27-19)28-23(30)31-14-16-6-4-3-5-7-16/h3-13,15H,2,14H2,1H3,(H,25,27,28,30). The first kappa shape index (κ1) is 20.2. The number of amides is 1. The number of hydrogen-bond acceptors (Lipinski definition) is 5. The highest BCUT2D eigenvalue weighted by Gasteiger charge is 2.17. The van der Waals surface area contributed by atoms with E-state index < -0.39 is 6.09 Å². The van der Waals surface area contributed by atoms with Gasteiger partial charge in [0.2, 0.25) is 5.95 Å². The zero-order valence-electron chi connectivity index (χ0n) is 16.8. The average Bonchev–Trinajstić information content (AvgIpc) is 3.23. The molecule has 0 aliphatic carbocycles. The lowest BCUT2D eigenvalue weighted by Crippen LogP contribution is -2.15. The summed E-state index contributed by atoms with van der Waals surface area (Å²) < 4.78 is 20.5. The number of halogens is 1. The molecule has 0 unspecified atom stereocenters. The average molecular weight is 417 g/mol. The topological polar surface area (TPSA) is 81.9 Å². The molecule has 0 atom stereocenters. The van der Waals surface area contributed by atoms with Gasteiger partial charge in [-0.25, -0.2) is 24.1 Å². The van der Waals surface area contributed by atoms with E-state index in [2.05, 4.69) is 20.3 Å². The van der Waals surface area contributed by atoms with Gasteiger partial charge in [-0.3, -0.25) is 5.32 Å². The van der Waals surface area contributed by atoms with Gasteiger partial charge < -0.3 is 9.30 Å². The van der Waals surface area contributed by atoms with Crippen LogP contribution in [0.15, 0.2) is 73.2 Å². The summed E-state index contributed by atoms with van der Waals surface area (Å²) in [5.74, 6) is -0.202. The normalized spacial score (nSPS) is 10.6. The fourth-order valence-corrected chi connectivity index (χ4v) is 3.11. The largest absolute Gasteiger partial charge is 0.444 e. The minimum Gasteiger partial charge on any atom is -0.444 e. The molecule has 0 fully saturated rings. The number of anilines is 1. The van der Waals surface area contributed by atoms with Crippen LogP contribution in [0.3, 0.4) is 0 Å². The fourth-order valence-electron chi connectivity index (χ4n) is 3.11. The molecule has 4 rings (SSSR count). The number of nitrogens with one attached hydrogen (secondary N) is 1. The Balaban J connectivity index is 1.56. The van der Waals surface area contributed by atoms with Crippen molar-refractivity contribution in [2.75, 3.05) is 5.32 Å². The maximum Gasteiger partial charge on any atom is 0.414 e. The number of rotatable bonds is 6. The quantitative estimate of drug-likeness (QED) is 0.482. The van der Waals surface area contributed by atoms with Crippen LogP contribution in [0.1, 0.15) is 12.5 Å². The van der Waals surface area contributed by atoms with E-state index in [4.69, 9.17) is 4.74 Å². The molecule has 0 radical (unpaired) electrons. The summed E-state index contributed by atoms with van der Waals surface area (Å²) in [6.07, 6.45) is 2.61. The predicted octanol–water partition coefficient (Wildman–Crippen LogP) is 4.91. The van der Waals surface area contributed by atoms with E-state index in [9.17, 15) is 9.18 Å². The second-order valence-corrected chi connectivity index (χ2v) is 6.69. The van der Waals surface area contributed by atoms with Crippen molar-refractivity contribution in [2.24, 2.45) is 0 Å². The number of ether oxygens (including phenoxy) is 1. The summed E-state index contributed by atoms with van der Waals surface area (Å²) in [6, 6.07) is 17.2. The highest BCUT2D eigenvalue weighted by Crippen LogP contribution is 2.30. The molecular weight excluding hydrogens is 397 g/mol. The summed E-state index contributed by atoms with van der Waals surface area (Å²) in [5, 5.41) is 2.56. The molecule has 0 saturated heterocycles. The minimum atomic E-state index is -0.649. The number of carbonyl (C=O) groups excluding carboxylic acids is 1. The van der Waals surface area contributed by atoms with Gasteiger partial charge in [0.1, 0.15) is 12.4 Å². The Bertz CT molecular complexity index is 1180. The molecule has 0 spiro atoms. The van der Waals surface area contributed by atoms with Gasteiger partial charge in [-0.15, -0.1) is 0 Å². The van der Waals surface area contributed by atoms with E-state index >= 15 is 0 Å². The van der Waals surface area contributed by atoms with Crippen LogP contribution in [-0.4, -0.2) is 25.6 Å². The summed E-state index contributed by atoms with van der Waals surface area (Å²) in [7, 11) is 0. The number of imidazole rings is 1. The first-order chi connectivity index (χ1) is 15.1. The molecule has 2 aromatic carbocycles. The Morgan fingerprint density at radius 1 is 1.06 bits per heavy atom. The Morgan fingerprint density at radius 3 is 2.58 bits per heavy atom. The minimum absolute atomic E-state index is 0.115. The van der Waals surface area contributed by atoms with Crippen LogP contribution in [-0.2, 0) is 17.9 Å². The summed E-state index contributed by atoms with van der Waals surface area (Å²) in [5.41, 5.74) is 3.63. The molecule has 1 N–H and O–H groups in total. The predicted molar refractivity (Wildman–Crippen MR) is 115 cm³/mol. The van der Waals surface area contributed by atoms with E-state index in [1.54, 1.807) is 30.7 Å². The van der Waals surface area contributed by atoms with Gasteiger partial charge in [-0.2, -0.15) is 0 Å². The molecule has 0 bridgehead atoms. The first-order valence-corrected chi connectivity index (χ1v) is 9.76. The molecule has 156 valence electrons. The van der Waals surface area contributed by atoms with Gasteiger partial charge in [0.25, 0.3) is 0 Å². The van der Waals surface area contributed by atoms with Gasteiger partial charge in [0.15, 0.2) is 0 Å². The van der Waals surface area contributed by atoms with Crippen molar-refractivity contribution in [3.05, 3.63) is 84.6 Å². The fraction of sp³-hybridized carbons (Fsp3) is 0.130. The van der Waals surface area contributed by atoms with Crippen LogP contribution in [0, 0.1) is 5.82 Å². The number of hydrogen-bond donors (Lipinski definition) is 1. The van der Waals surface area contributed by atoms with Crippen molar-refractivity contribution >= 4 is 12.0 Å². The van der Waals surface area contributed by atoms with Gasteiger partial charge in [-0.05, 0) is 42.8 Å². The summed E-state index contributed by atoms with van der Waals surface area (Å²) in [4.78, 5) is 25.2. The van der Waals surface area contributed by atoms with Gasteiger partial charge in [0, 0.05) is 18.3 Å². The SMILES string of the molecule is CCn1cnc(-c2ccc(F)cc2)c1-c1ccnc(NC(=O)OCc2ccccc2)n1.